The van der Waals surface area contributed by atoms with Gasteiger partial charge in [-0.3, -0.25) is 0 Å². The van der Waals surface area contributed by atoms with Gasteiger partial charge in [0.2, 0.25) is 0 Å². The van der Waals surface area contributed by atoms with Gasteiger partial charge in [0.25, 0.3) is 0 Å². The number of anilines is 2. The molecule has 1 aliphatic heterocycles. The second-order valence-electron chi connectivity index (χ2n) is 4.60. The summed E-state index contributed by atoms with van der Waals surface area (Å²) < 4.78 is 5.32. The smallest absolute Gasteiger partial charge is 0.337 e. The van der Waals surface area contributed by atoms with Crippen molar-refractivity contribution in [2.75, 3.05) is 24.3 Å². The van der Waals surface area contributed by atoms with Crippen molar-refractivity contribution in [3.8, 4) is 0 Å². The van der Waals surface area contributed by atoms with E-state index in [-0.39, 0.29) is 11.1 Å². The van der Waals surface area contributed by atoms with Crippen LogP contribution in [0, 0.1) is 0 Å². The van der Waals surface area contributed by atoms with Gasteiger partial charge in [0.1, 0.15) is 0 Å². The highest BCUT2D eigenvalue weighted by Gasteiger charge is 2.30. The Morgan fingerprint density at radius 3 is 2.94 bits per heavy atom. The van der Waals surface area contributed by atoms with Crippen LogP contribution >= 0.6 is 0 Å². The van der Waals surface area contributed by atoms with Crippen LogP contribution in [0.3, 0.4) is 0 Å². The van der Waals surface area contributed by atoms with E-state index >= 15 is 0 Å². The first-order valence-corrected chi connectivity index (χ1v) is 5.49. The maximum absolute atomic E-state index is 11.1. The van der Waals surface area contributed by atoms with E-state index in [1.54, 1.807) is 12.1 Å². The number of carboxylic acids is 1. The average Bonchev–Trinajstić information content (AvgIpc) is 2.64. The van der Waals surface area contributed by atoms with Crippen molar-refractivity contribution < 1.29 is 14.6 Å². The highest BCUT2D eigenvalue weighted by Crippen LogP contribution is 2.27. The summed E-state index contributed by atoms with van der Waals surface area (Å²) in [6.07, 6.45) is 0.848. The minimum atomic E-state index is -0.963. The molecule has 4 N–H and O–H groups in total. The minimum absolute atomic E-state index is 0.224. The molecule has 1 unspecified atom stereocenters. The number of carboxylic acid groups (broad SMARTS) is 1. The third kappa shape index (κ3) is 2.50. The van der Waals surface area contributed by atoms with Gasteiger partial charge >= 0.3 is 5.97 Å². The van der Waals surface area contributed by atoms with Gasteiger partial charge in [-0.2, -0.15) is 0 Å². The number of ether oxygens (including phenoxy) is 1. The van der Waals surface area contributed by atoms with Crippen molar-refractivity contribution in [3.05, 3.63) is 23.8 Å². The fourth-order valence-electron chi connectivity index (χ4n) is 1.94. The Morgan fingerprint density at radius 1 is 1.59 bits per heavy atom. The van der Waals surface area contributed by atoms with Crippen molar-refractivity contribution >= 4 is 17.3 Å². The third-order valence-electron chi connectivity index (χ3n) is 2.93. The van der Waals surface area contributed by atoms with Crippen molar-refractivity contribution in [1.82, 2.24) is 0 Å². The quantitative estimate of drug-likeness (QED) is 0.693. The first kappa shape index (κ1) is 11.7. The van der Waals surface area contributed by atoms with E-state index in [2.05, 4.69) is 5.32 Å². The Kier molecular flexibility index (Phi) is 2.93. The Hall–Kier alpha value is -1.75. The van der Waals surface area contributed by atoms with Crippen molar-refractivity contribution in [3.63, 3.8) is 0 Å². The average molecular weight is 236 g/mol. The van der Waals surface area contributed by atoms with Crippen LogP contribution in [0.5, 0.6) is 0 Å². The van der Waals surface area contributed by atoms with E-state index in [4.69, 9.17) is 15.6 Å². The molecule has 0 aliphatic carbocycles. The maximum Gasteiger partial charge on any atom is 0.337 e. The Balaban J connectivity index is 2.30. The van der Waals surface area contributed by atoms with E-state index in [0.717, 1.165) is 6.42 Å². The van der Waals surface area contributed by atoms with Crippen molar-refractivity contribution in [1.29, 1.82) is 0 Å². The second kappa shape index (κ2) is 4.25. The summed E-state index contributed by atoms with van der Waals surface area (Å²) in [6.45, 7) is 3.27. The summed E-state index contributed by atoms with van der Waals surface area (Å²) in [5.41, 5.74) is 6.77. The molecule has 2 rings (SSSR count). The zero-order chi connectivity index (χ0) is 12.5. The molecule has 0 radical (unpaired) electrons. The molecular weight excluding hydrogens is 220 g/mol. The summed E-state index contributed by atoms with van der Waals surface area (Å²) in [7, 11) is 0. The normalized spacial score (nSPS) is 23.6. The van der Waals surface area contributed by atoms with E-state index in [1.165, 1.54) is 6.07 Å². The number of hydrogen-bond acceptors (Lipinski definition) is 4. The minimum Gasteiger partial charge on any atom is -0.478 e. The van der Waals surface area contributed by atoms with Gasteiger partial charge in [-0.25, -0.2) is 4.79 Å². The van der Waals surface area contributed by atoms with Crippen LogP contribution in [0.15, 0.2) is 18.2 Å². The van der Waals surface area contributed by atoms with Crippen LogP contribution in [-0.2, 0) is 4.74 Å². The summed E-state index contributed by atoms with van der Waals surface area (Å²) in [5.74, 6) is -0.963. The van der Waals surface area contributed by atoms with E-state index < -0.39 is 5.97 Å². The zero-order valence-electron chi connectivity index (χ0n) is 9.69. The fraction of sp³-hybridized carbons (Fsp3) is 0.417. The molecular formula is C12H16N2O3. The molecule has 0 bridgehead atoms. The van der Waals surface area contributed by atoms with E-state index in [9.17, 15) is 4.79 Å². The van der Waals surface area contributed by atoms with E-state index in [1.807, 2.05) is 6.92 Å². The Labute approximate surface area is 99.6 Å². The molecule has 1 aromatic carbocycles. The molecule has 1 atom stereocenters. The molecule has 5 nitrogen and oxygen atoms in total. The molecule has 5 heteroatoms. The monoisotopic (exact) mass is 236 g/mol. The zero-order valence-corrected chi connectivity index (χ0v) is 9.69. The van der Waals surface area contributed by atoms with Gasteiger partial charge in [0, 0.05) is 12.3 Å². The number of rotatable bonds is 3. The summed E-state index contributed by atoms with van der Waals surface area (Å²) in [6, 6.07) is 4.74. The Morgan fingerprint density at radius 2 is 2.35 bits per heavy atom. The summed E-state index contributed by atoms with van der Waals surface area (Å²) in [5, 5.41) is 12.3. The molecule has 0 amide bonds. The highest BCUT2D eigenvalue weighted by atomic mass is 16.5. The SMILES string of the molecule is CC1(Nc2cc(N)ccc2C(=O)O)CCOC1. The largest absolute Gasteiger partial charge is 0.478 e. The van der Waals surface area contributed by atoms with Crippen LogP contribution in [0.1, 0.15) is 23.7 Å². The van der Waals surface area contributed by atoms with Gasteiger partial charge < -0.3 is 20.9 Å². The molecule has 92 valence electrons. The number of benzene rings is 1. The standard InChI is InChI=1S/C12H16N2O3/c1-12(4-5-17-7-12)14-10-6-8(13)2-3-9(10)11(15)16/h2-3,6,14H,4-5,7,13H2,1H3,(H,15,16). The maximum atomic E-state index is 11.1. The van der Waals surface area contributed by atoms with Gasteiger partial charge in [-0.05, 0) is 31.5 Å². The third-order valence-corrected chi connectivity index (χ3v) is 2.93. The molecule has 17 heavy (non-hydrogen) atoms. The van der Waals surface area contributed by atoms with Gasteiger partial charge in [-0.15, -0.1) is 0 Å². The molecule has 1 aromatic rings. The van der Waals surface area contributed by atoms with Crippen LogP contribution in [0.4, 0.5) is 11.4 Å². The second-order valence-corrected chi connectivity index (χ2v) is 4.60. The van der Waals surface area contributed by atoms with Crippen LogP contribution in [0.25, 0.3) is 0 Å². The van der Waals surface area contributed by atoms with Gasteiger partial charge in [-0.1, -0.05) is 0 Å². The molecule has 1 aliphatic rings. The first-order chi connectivity index (χ1) is 8.00. The fourth-order valence-corrected chi connectivity index (χ4v) is 1.94. The first-order valence-electron chi connectivity index (χ1n) is 5.49. The van der Waals surface area contributed by atoms with Gasteiger partial charge in [0.05, 0.1) is 23.4 Å². The van der Waals surface area contributed by atoms with Gasteiger partial charge in [0.15, 0.2) is 0 Å². The van der Waals surface area contributed by atoms with Crippen LogP contribution in [-0.4, -0.2) is 29.8 Å². The lowest BCUT2D eigenvalue weighted by Crippen LogP contribution is -2.35. The number of nitrogens with two attached hydrogens (primary N) is 1. The molecule has 0 aromatic heterocycles. The number of carbonyl (C=O) groups is 1. The molecule has 1 fully saturated rings. The predicted octanol–water partition coefficient (Wildman–Crippen LogP) is 1.56. The highest BCUT2D eigenvalue weighted by molar-refractivity contribution is 5.95. The number of nitrogen functional groups attached to an aromatic ring is 1. The number of aromatic carboxylic acids is 1. The predicted molar refractivity (Wildman–Crippen MR) is 65.3 cm³/mol. The van der Waals surface area contributed by atoms with E-state index in [0.29, 0.717) is 24.6 Å². The Bertz CT molecular complexity index is 439. The topological polar surface area (TPSA) is 84.6 Å². The van der Waals surface area contributed by atoms with Crippen molar-refractivity contribution in [2.24, 2.45) is 0 Å². The van der Waals surface area contributed by atoms with Crippen LogP contribution in [0.2, 0.25) is 0 Å². The van der Waals surface area contributed by atoms with Crippen LogP contribution < -0.4 is 11.1 Å². The summed E-state index contributed by atoms with van der Waals surface area (Å²) >= 11 is 0. The lowest BCUT2D eigenvalue weighted by atomic mass is 10.00. The molecule has 1 heterocycles. The lowest BCUT2D eigenvalue weighted by molar-refractivity contribution is 0.0698. The number of hydrogen-bond donors (Lipinski definition) is 3. The number of nitrogens with one attached hydrogen (secondary N) is 1. The van der Waals surface area contributed by atoms with Crippen molar-refractivity contribution in [2.45, 2.75) is 18.9 Å². The molecule has 1 saturated heterocycles. The molecule has 0 saturated carbocycles. The molecule has 0 spiro atoms. The lowest BCUT2D eigenvalue weighted by Gasteiger charge is -2.26. The summed E-state index contributed by atoms with van der Waals surface area (Å²) in [4.78, 5) is 11.1.